The fourth-order valence-corrected chi connectivity index (χ4v) is 0.188. The predicted molar refractivity (Wildman–Crippen MR) is 27.5 cm³/mol. The third-order valence-electron chi connectivity index (χ3n) is 0.375. The molecule has 0 N–H and O–H groups in total. The number of allylic oxidation sites excluding steroid dienone is 4. The van der Waals surface area contributed by atoms with Gasteiger partial charge >= 0.3 is 0 Å². The molecule has 6 heavy (non-hydrogen) atoms. The zero-order valence-electron chi connectivity index (χ0n) is 11.0. The average Bonchev–Trinajstić information content (AvgIpc) is 2.10. The molecule has 0 fully saturated rings. The summed E-state index contributed by atoms with van der Waals surface area (Å²) in [6.07, 6.45) is -5.43. The fraction of sp³-hybridized carbons (Fsp3) is 0.333. The molecule has 0 atom stereocenters. The molecule has 1 rings (SSSR count). The van der Waals surface area contributed by atoms with E-state index in [0.29, 0.717) is 0 Å². The molecule has 0 radical (unpaired) electrons. The molecule has 0 unspecified atom stereocenters. The molecule has 0 aromatic rings. The van der Waals surface area contributed by atoms with Crippen LogP contribution in [0.2, 0.25) is 0 Å². The van der Waals surface area contributed by atoms with Crippen molar-refractivity contribution in [2.24, 2.45) is 0 Å². The molecule has 0 saturated heterocycles. The largest absolute Gasteiger partial charge is 0.0842 e. The molecule has 1 aliphatic carbocycles. The number of hydrogen-bond donors (Lipinski definition) is 0. The molecule has 0 nitrogen and oxygen atoms in total. The summed E-state index contributed by atoms with van der Waals surface area (Å²) in [5.41, 5.74) is 0. The minimum Gasteiger partial charge on any atom is -0.0842 e. The normalized spacial score (nSPS) is 61.3. The molecule has 1 aliphatic rings. The van der Waals surface area contributed by atoms with Gasteiger partial charge in [-0.25, -0.2) is 0 Å². The van der Waals surface area contributed by atoms with Gasteiger partial charge in [0.2, 0.25) is 0 Å². The van der Waals surface area contributed by atoms with Crippen molar-refractivity contribution in [1.29, 1.82) is 0 Å². The van der Waals surface area contributed by atoms with Crippen molar-refractivity contribution in [1.82, 2.24) is 0 Å². The van der Waals surface area contributed by atoms with Gasteiger partial charge in [0.1, 0.15) is 0 Å². The minimum atomic E-state index is -2.72. The topological polar surface area (TPSA) is 0 Å². The maximum Gasteiger partial charge on any atom is 0.0619 e. The fourth-order valence-electron chi connectivity index (χ4n) is 0.188. The van der Waals surface area contributed by atoms with Gasteiger partial charge in [0.05, 0.1) is 5.48 Å². The highest BCUT2D eigenvalue weighted by molar-refractivity contribution is 5.07. The van der Waals surface area contributed by atoms with E-state index < -0.39 is 37.0 Å². The van der Waals surface area contributed by atoms with E-state index in [1.165, 1.54) is 0 Å². The van der Waals surface area contributed by atoms with Crippen molar-refractivity contribution in [3.8, 4) is 0 Å². The van der Waals surface area contributed by atoms with Crippen LogP contribution < -0.4 is 0 Å². The molecule has 0 heterocycles. The van der Waals surface area contributed by atoms with Crippen LogP contribution in [0.3, 0.4) is 0 Å². The summed E-state index contributed by atoms with van der Waals surface area (Å²) in [6.45, 7) is 0. The Hall–Kier alpha value is -0.520. The summed E-state index contributed by atoms with van der Waals surface area (Å²) < 4.78 is 57.8. The molecule has 0 amide bonds. The zero-order valence-corrected chi connectivity index (χ0v) is 3.00. The van der Waals surface area contributed by atoms with E-state index in [-0.39, 0.29) is 0 Å². The minimum absolute atomic E-state index is 0.727. The molecule has 0 aromatic heterocycles. The van der Waals surface area contributed by atoms with Gasteiger partial charge in [-0.3, -0.25) is 0 Å². The number of hydrogen-bond acceptors (Lipinski definition) is 0. The van der Waals surface area contributed by atoms with E-state index in [9.17, 15) is 0 Å². The number of rotatable bonds is 0. The molecule has 0 spiro atoms. The van der Waals surface area contributed by atoms with Crippen LogP contribution >= 0.6 is 0 Å². The van der Waals surface area contributed by atoms with Gasteiger partial charge in [-0.2, -0.15) is 0 Å². The van der Waals surface area contributed by atoms with E-state index in [0.717, 1.165) is 0 Å². The molecular formula is C6H8. The van der Waals surface area contributed by atoms with Crippen molar-refractivity contribution in [2.45, 2.75) is 12.7 Å². The SMILES string of the molecule is [2H]C1=C([2H])C([2H])([2H])C([2H])([2H])C([2H])=C1[2H]. The quantitative estimate of drug-likeness (QED) is 0.424. The summed E-state index contributed by atoms with van der Waals surface area (Å²) in [4.78, 5) is 0. The van der Waals surface area contributed by atoms with Crippen LogP contribution in [0.25, 0.3) is 0 Å². The molecule has 0 aliphatic heterocycles. The zero-order chi connectivity index (χ0) is 11.3. The molecular weight excluding hydrogens is 72.1 g/mol. The van der Waals surface area contributed by atoms with Gasteiger partial charge in [0, 0.05) is 5.48 Å². The second-order valence-electron chi connectivity index (χ2n) is 0.750. The summed E-state index contributed by atoms with van der Waals surface area (Å²) in [5, 5.41) is 0. The first-order valence-corrected chi connectivity index (χ1v) is 1.50. The molecule has 32 valence electrons. The smallest absolute Gasteiger partial charge is 0.0619 e. The van der Waals surface area contributed by atoms with Crippen molar-refractivity contribution >= 4 is 0 Å². The van der Waals surface area contributed by atoms with Gasteiger partial charge in [0.15, 0.2) is 0 Å². The Morgan fingerprint density at radius 1 is 1.33 bits per heavy atom. The van der Waals surface area contributed by atoms with Crippen LogP contribution in [0.5, 0.6) is 0 Å². The highest BCUT2D eigenvalue weighted by Gasteiger charge is 1.77. The Morgan fingerprint density at radius 3 is 2.33 bits per heavy atom. The van der Waals surface area contributed by atoms with Gasteiger partial charge in [-0.15, -0.1) is 0 Å². The third kappa shape index (κ3) is 0.713. The highest BCUT2D eigenvalue weighted by Crippen LogP contribution is 1.98. The summed E-state index contributed by atoms with van der Waals surface area (Å²) in [5.74, 6) is 0. The Morgan fingerprint density at radius 2 is 1.83 bits per heavy atom. The van der Waals surface area contributed by atoms with E-state index in [2.05, 4.69) is 0 Å². The van der Waals surface area contributed by atoms with Crippen LogP contribution in [0.15, 0.2) is 24.2 Å². The van der Waals surface area contributed by atoms with Crippen molar-refractivity contribution in [3.63, 3.8) is 0 Å². The standard InChI is InChI=1S/C6H8/c1-2-4-6-5-3-1/h1-4H,5-6H2/i1D,2D,3D,4D,5D2,6D2. The van der Waals surface area contributed by atoms with E-state index in [4.69, 9.17) is 11.0 Å². The maximum atomic E-state index is 7.27. The monoisotopic (exact) mass is 88.1 g/mol. The Labute approximate surface area is 49.4 Å². The van der Waals surface area contributed by atoms with E-state index >= 15 is 0 Å². The second-order valence-corrected chi connectivity index (χ2v) is 0.750. The first-order chi connectivity index (χ1) is 6.14. The second kappa shape index (κ2) is 1.81. The maximum absolute atomic E-state index is 7.27. The first kappa shape index (κ1) is 0.605. The summed E-state index contributed by atoms with van der Waals surface area (Å²) in [7, 11) is 0. The van der Waals surface area contributed by atoms with Gasteiger partial charge < -0.3 is 0 Å². The van der Waals surface area contributed by atoms with Crippen LogP contribution in [0.4, 0.5) is 0 Å². The molecule has 0 heteroatoms. The summed E-state index contributed by atoms with van der Waals surface area (Å²) in [6, 6.07) is -3.22. The lowest BCUT2D eigenvalue weighted by Crippen LogP contribution is -1.67. The Bertz CT molecular complexity index is 302. The third-order valence-corrected chi connectivity index (χ3v) is 0.375. The van der Waals surface area contributed by atoms with Crippen molar-refractivity contribution < 1.29 is 11.0 Å². The lowest BCUT2D eigenvalue weighted by Gasteiger charge is -1.88. The van der Waals surface area contributed by atoms with Crippen molar-refractivity contribution in [2.75, 3.05) is 0 Å². The molecule has 0 bridgehead atoms. The lowest BCUT2D eigenvalue weighted by atomic mass is 10.2. The van der Waals surface area contributed by atoms with E-state index in [1.807, 2.05) is 0 Å². The summed E-state index contributed by atoms with van der Waals surface area (Å²) >= 11 is 0. The lowest BCUT2D eigenvalue weighted by molar-refractivity contribution is 1.04. The molecule has 0 aromatic carbocycles. The van der Waals surface area contributed by atoms with Crippen LogP contribution in [-0.2, 0) is 0 Å². The van der Waals surface area contributed by atoms with Crippen molar-refractivity contribution in [3.05, 3.63) is 24.2 Å². The van der Waals surface area contributed by atoms with E-state index in [1.54, 1.807) is 0 Å². The predicted octanol–water partition coefficient (Wildman–Crippen LogP) is 1.89. The Kier molecular flexibility index (Phi) is 0.182. The highest BCUT2D eigenvalue weighted by atomic mass is 13.8. The van der Waals surface area contributed by atoms with Crippen LogP contribution in [0.1, 0.15) is 23.7 Å². The van der Waals surface area contributed by atoms with Gasteiger partial charge in [0.25, 0.3) is 0 Å². The first-order valence-electron chi connectivity index (χ1n) is 5.50. The average molecular weight is 88.2 g/mol. The van der Waals surface area contributed by atoms with Gasteiger partial charge in [-0.1, -0.05) is 24.2 Å². The molecule has 0 saturated carbocycles. The van der Waals surface area contributed by atoms with Gasteiger partial charge in [-0.05, 0) is 12.7 Å². The van der Waals surface area contributed by atoms with Crippen LogP contribution in [0, 0.1) is 0 Å². The Balaban J connectivity index is 3.48. The van der Waals surface area contributed by atoms with Crippen LogP contribution in [-0.4, -0.2) is 0 Å².